The van der Waals surface area contributed by atoms with Crippen LogP contribution in [0.1, 0.15) is 0 Å². The monoisotopic (exact) mass is 345 g/mol. The Balaban J connectivity index is 2.42. The molecule has 0 aromatic carbocycles. The largest absolute Gasteiger partial charge is 0.266 e. The summed E-state index contributed by atoms with van der Waals surface area (Å²) in [5, 5.41) is 0. The van der Waals surface area contributed by atoms with Gasteiger partial charge in [0.1, 0.15) is 16.5 Å². The molecule has 2 rings (SSSR count). The second-order valence-corrected chi connectivity index (χ2v) is 6.53. The van der Waals surface area contributed by atoms with Gasteiger partial charge >= 0.3 is 0 Å². The Kier molecular flexibility index (Phi) is 3.81. The van der Waals surface area contributed by atoms with Crippen LogP contribution >= 0.6 is 15.9 Å². The van der Waals surface area contributed by atoms with E-state index in [1.165, 1.54) is 19.3 Å². The van der Waals surface area contributed by atoms with Gasteiger partial charge in [-0.1, -0.05) is 0 Å². The van der Waals surface area contributed by atoms with Gasteiger partial charge in [-0.15, -0.1) is 0 Å². The Hall–Kier alpha value is -1.54. The van der Waals surface area contributed by atoms with Crippen LogP contribution in [0, 0.1) is 5.82 Å². The molecule has 0 N–H and O–H groups in total. The molecule has 0 aliphatic heterocycles. The molecule has 0 radical (unpaired) electrons. The first kappa shape index (κ1) is 13.9. The first-order valence-electron chi connectivity index (χ1n) is 5.12. The lowest BCUT2D eigenvalue weighted by molar-refractivity contribution is 0.586. The van der Waals surface area contributed by atoms with Crippen molar-refractivity contribution in [1.82, 2.24) is 9.97 Å². The van der Waals surface area contributed by atoms with E-state index in [4.69, 9.17) is 0 Å². The average molecular weight is 346 g/mol. The summed E-state index contributed by atoms with van der Waals surface area (Å²) in [6.45, 7) is 0. The molecule has 0 bridgehead atoms. The first-order chi connectivity index (χ1) is 8.91. The molecule has 0 unspecified atom stereocenters. The fraction of sp³-hybridized carbons (Fsp3) is 0.0909. The van der Waals surface area contributed by atoms with E-state index in [1.807, 2.05) is 0 Å². The first-order valence-corrected chi connectivity index (χ1v) is 7.35. The van der Waals surface area contributed by atoms with Crippen molar-refractivity contribution in [3.8, 4) is 0 Å². The number of nitrogens with zero attached hydrogens (tertiary/aromatic N) is 3. The molecule has 5 nitrogen and oxygen atoms in total. The van der Waals surface area contributed by atoms with E-state index in [9.17, 15) is 12.8 Å². The molecule has 0 saturated carbocycles. The van der Waals surface area contributed by atoms with Crippen LogP contribution in [0.15, 0.2) is 46.2 Å². The van der Waals surface area contributed by atoms with Gasteiger partial charge in [-0.3, -0.25) is 9.29 Å². The van der Waals surface area contributed by atoms with Crippen LogP contribution in [0.25, 0.3) is 0 Å². The smallest absolute Gasteiger partial charge is 0.260 e. The van der Waals surface area contributed by atoms with E-state index >= 15 is 0 Å². The molecule has 0 aliphatic rings. The van der Waals surface area contributed by atoms with Crippen LogP contribution in [0.2, 0.25) is 0 Å². The second kappa shape index (κ2) is 5.22. The molecule has 0 spiro atoms. The molecule has 0 saturated heterocycles. The molecule has 0 atom stereocenters. The normalized spacial score (nSPS) is 11.3. The van der Waals surface area contributed by atoms with Gasteiger partial charge in [0.05, 0.1) is 6.20 Å². The van der Waals surface area contributed by atoms with Gasteiger partial charge in [-0.2, -0.15) is 0 Å². The molecular formula is C11H9BrFN3O2S. The maximum absolute atomic E-state index is 13.0. The predicted octanol–water partition coefficient (Wildman–Crippen LogP) is 2.20. The predicted molar refractivity (Wildman–Crippen MR) is 71.7 cm³/mol. The number of rotatable bonds is 3. The van der Waals surface area contributed by atoms with E-state index < -0.39 is 15.8 Å². The average Bonchev–Trinajstić information content (AvgIpc) is 2.39. The molecule has 8 heteroatoms. The number of halogens is 2. The van der Waals surface area contributed by atoms with Crippen molar-refractivity contribution in [2.24, 2.45) is 0 Å². The Morgan fingerprint density at radius 2 is 2.00 bits per heavy atom. The lowest BCUT2D eigenvalue weighted by atomic mass is 10.5. The molecule has 19 heavy (non-hydrogen) atoms. The fourth-order valence-corrected chi connectivity index (χ4v) is 2.73. The van der Waals surface area contributed by atoms with Gasteiger partial charge in [0.2, 0.25) is 0 Å². The maximum Gasteiger partial charge on any atom is 0.266 e. The third kappa shape index (κ3) is 2.90. The molecule has 2 aromatic heterocycles. The minimum atomic E-state index is -3.87. The van der Waals surface area contributed by atoms with Crippen molar-refractivity contribution in [2.45, 2.75) is 4.90 Å². The van der Waals surface area contributed by atoms with Crippen molar-refractivity contribution in [2.75, 3.05) is 11.4 Å². The summed E-state index contributed by atoms with van der Waals surface area (Å²) >= 11 is 3.21. The van der Waals surface area contributed by atoms with Crippen LogP contribution in [0.3, 0.4) is 0 Å². The van der Waals surface area contributed by atoms with Crippen LogP contribution < -0.4 is 4.31 Å². The molecule has 0 fully saturated rings. The minimum absolute atomic E-state index is 0.222. The van der Waals surface area contributed by atoms with Gasteiger partial charge in [0, 0.05) is 23.9 Å². The van der Waals surface area contributed by atoms with Crippen molar-refractivity contribution < 1.29 is 12.8 Å². The topological polar surface area (TPSA) is 63.2 Å². The SMILES string of the molecule is CN(c1ccc(Br)cn1)S(=O)(=O)c1cncc(F)c1. The third-order valence-electron chi connectivity index (χ3n) is 2.37. The maximum atomic E-state index is 13.0. The summed E-state index contributed by atoms with van der Waals surface area (Å²) in [7, 11) is -2.53. The van der Waals surface area contributed by atoms with E-state index in [2.05, 4.69) is 25.9 Å². The summed E-state index contributed by atoms with van der Waals surface area (Å²) in [5.74, 6) is -0.481. The third-order valence-corrected chi connectivity index (χ3v) is 4.57. The van der Waals surface area contributed by atoms with Gasteiger partial charge in [0.25, 0.3) is 10.0 Å². The summed E-state index contributed by atoms with van der Waals surface area (Å²) in [6.07, 6.45) is 3.51. The Morgan fingerprint density at radius 3 is 2.58 bits per heavy atom. The highest BCUT2D eigenvalue weighted by atomic mass is 79.9. The van der Waals surface area contributed by atoms with Crippen molar-refractivity contribution in [3.63, 3.8) is 0 Å². The van der Waals surface area contributed by atoms with Crippen LogP contribution in [-0.4, -0.2) is 25.4 Å². The number of sulfonamides is 1. The highest BCUT2D eigenvalue weighted by Gasteiger charge is 2.23. The van der Waals surface area contributed by atoms with Crippen LogP contribution in [0.4, 0.5) is 10.2 Å². The lowest BCUT2D eigenvalue weighted by Gasteiger charge is -2.18. The van der Waals surface area contributed by atoms with Gasteiger partial charge in [0.15, 0.2) is 0 Å². The van der Waals surface area contributed by atoms with Crippen LogP contribution in [-0.2, 0) is 10.0 Å². The molecular weight excluding hydrogens is 337 g/mol. The van der Waals surface area contributed by atoms with Crippen molar-refractivity contribution in [1.29, 1.82) is 0 Å². The van der Waals surface area contributed by atoms with E-state index in [0.29, 0.717) is 0 Å². The number of anilines is 1. The summed E-state index contributed by atoms with van der Waals surface area (Å²) in [6, 6.07) is 4.12. The minimum Gasteiger partial charge on any atom is -0.260 e. The van der Waals surface area contributed by atoms with E-state index in [0.717, 1.165) is 27.2 Å². The van der Waals surface area contributed by atoms with Gasteiger partial charge < -0.3 is 0 Å². The quantitative estimate of drug-likeness (QED) is 0.855. The van der Waals surface area contributed by atoms with Crippen LogP contribution in [0.5, 0.6) is 0 Å². The molecule has 100 valence electrons. The number of hydrogen-bond donors (Lipinski definition) is 0. The number of aromatic nitrogens is 2. The second-order valence-electron chi connectivity index (χ2n) is 3.65. The Labute approximate surface area is 118 Å². The molecule has 0 amide bonds. The van der Waals surface area contributed by atoms with E-state index in [1.54, 1.807) is 6.07 Å². The lowest BCUT2D eigenvalue weighted by Crippen LogP contribution is -2.27. The highest BCUT2D eigenvalue weighted by Crippen LogP contribution is 2.21. The van der Waals surface area contributed by atoms with Crippen molar-refractivity contribution >= 4 is 31.8 Å². The number of pyridine rings is 2. The molecule has 2 heterocycles. The fourth-order valence-electron chi connectivity index (χ4n) is 1.37. The Bertz CT molecular complexity index is 691. The molecule has 2 aromatic rings. The van der Waals surface area contributed by atoms with Crippen molar-refractivity contribution in [3.05, 3.63) is 47.1 Å². The summed E-state index contributed by atoms with van der Waals surface area (Å²) < 4.78 is 39.2. The molecule has 0 aliphatic carbocycles. The van der Waals surface area contributed by atoms with Gasteiger partial charge in [-0.05, 0) is 34.1 Å². The standard InChI is InChI=1S/C11H9BrFN3O2S/c1-16(11-3-2-8(12)5-15-11)19(17,18)10-4-9(13)6-14-7-10/h2-7H,1H3. The zero-order valence-corrected chi connectivity index (χ0v) is 12.2. The van der Waals surface area contributed by atoms with E-state index in [-0.39, 0.29) is 10.7 Å². The zero-order valence-electron chi connectivity index (χ0n) is 9.79. The Morgan fingerprint density at radius 1 is 1.26 bits per heavy atom. The number of hydrogen-bond acceptors (Lipinski definition) is 4. The summed E-state index contributed by atoms with van der Waals surface area (Å²) in [4.78, 5) is 7.29. The summed E-state index contributed by atoms with van der Waals surface area (Å²) in [5.41, 5.74) is 0. The zero-order chi connectivity index (χ0) is 14.0. The highest BCUT2D eigenvalue weighted by molar-refractivity contribution is 9.10. The van der Waals surface area contributed by atoms with Gasteiger partial charge in [-0.25, -0.2) is 17.8 Å².